The lowest BCUT2D eigenvalue weighted by molar-refractivity contribution is -0.128. The molecule has 3 rings (SSSR count). The molecule has 3 unspecified atom stereocenters. The van der Waals surface area contributed by atoms with Crippen LogP contribution in [0.25, 0.3) is 0 Å². The molecule has 0 aromatic rings. The smallest absolute Gasteiger partial charge is 0.293 e. The fraction of sp³-hybridized carbons (Fsp3) is 0.583. The first-order valence-electron chi connectivity index (χ1n) is 5.32. The second-order valence-corrected chi connectivity index (χ2v) is 4.56. The Hall–Kier alpha value is -1.05. The van der Waals surface area contributed by atoms with E-state index in [-0.39, 0.29) is 0 Å². The molecule has 0 aromatic carbocycles. The van der Waals surface area contributed by atoms with Gasteiger partial charge in [0.15, 0.2) is 0 Å². The van der Waals surface area contributed by atoms with E-state index < -0.39 is 0 Å². The third-order valence-corrected chi connectivity index (χ3v) is 4.02. The zero-order chi connectivity index (χ0) is 9.54. The minimum Gasteiger partial charge on any atom is -0.463 e. The number of allylic oxidation sites excluding steroid dienone is 3. The second kappa shape index (κ2) is 2.97. The Morgan fingerprint density at radius 2 is 2.50 bits per heavy atom. The highest BCUT2D eigenvalue weighted by atomic mass is 16.5. The maximum absolute atomic E-state index is 10.1. The Morgan fingerprint density at radius 3 is 3.36 bits per heavy atom. The molecule has 3 aliphatic carbocycles. The van der Waals surface area contributed by atoms with Crippen LogP contribution in [-0.4, -0.2) is 13.1 Å². The Morgan fingerprint density at radius 1 is 1.57 bits per heavy atom. The van der Waals surface area contributed by atoms with E-state index in [0.717, 1.165) is 17.8 Å². The third kappa shape index (κ3) is 0.999. The number of carbonyl (C=O) groups excluding carboxylic acids is 1. The number of fused-ring (bicyclic) bond motifs is 5. The van der Waals surface area contributed by atoms with Gasteiger partial charge in [-0.25, -0.2) is 0 Å². The lowest BCUT2D eigenvalue weighted by Gasteiger charge is -2.24. The molecule has 1 fully saturated rings. The van der Waals surface area contributed by atoms with Crippen molar-refractivity contribution in [2.24, 2.45) is 23.7 Å². The standard InChI is InChI=1S/C12H14O2/c13-7-14-6-9-4-8-5-12(9)11-3-1-2-10(8)11/h1-2,4,7-8,10-12H,3,5-6H2/t8?,10?,11?,12-/m1/s1. The van der Waals surface area contributed by atoms with Crippen molar-refractivity contribution < 1.29 is 9.53 Å². The molecule has 0 amide bonds. The molecule has 0 spiro atoms. The van der Waals surface area contributed by atoms with Crippen molar-refractivity contribution in [2.45, 2.75) is 12.8 Å². The van der Waals surface area contributed by atoms with Crippen molar-refractivity contribution in [3.8, 4) is 0 Å². The van der Waals surface area contributed by atoms with Gasteiger partial charge in [0.1, 0.15) is 6.61 Å². The SMILES string of the molecule is O=COCC1=CC2C[C@H]1C1CC=CC21. The zero-order valence-corrected chi connectivity index (χ0v) is 8.06. The molecule has 2 nitrogen and oxygen atoms in total. The normalized spacial score (nSPS) is 42.4. The van der Waals surface area contributed by atoms with Crippen LogP contribution in [0.3, 0.4) is 0 Å². The van der Waals surface area contributed by atoms with Crippen LogP contribution in [0.5, 0.6) is 0 Å². The summed E-state index contributed by atoms with van der Waals surface area (Å²) in [7, 11) is 0. The molecule has 74 valence electrons. The van der Waals surface area contributed by atoms with Crippen molar-refractivity contribution in [2.75, 3.05) is 6.61 Å². The van der Waals surface area contributed by atoms with Crippen LogP contribution in [0, 0.1) is 23.7 Å². The van der Waals surface area contributed by atoms with E-state index in [1.54, 1.807) is 0 Å². The van der Waals surface area contributed by atoms with Gasteiger partial charge in [0.25, 0.3) is 6.47 Å². The number of hydrogen-bond acceptors (Lipinski definition) is 2. The van der Waals surface area contributed by atoms with Gasteiger partial charge in [-0.05, 0) is 42.1 Å². The molecule has 0 aromatic heterocycles. The first kappa shape index (κ1) is 8.27. The average molecular weight is 190 g/mol. The molecule has 4 atom stereocenters. The fourth-order valence-electron chi connectivity index (χ4n) is 3.50. The number of hydrogen-bond donors (Lipinski definition) is 0. The van der Waals surface area contributed by atoms with Gasteiger partial charge in [-0.15, -0.1) is 0 Å². The van der Waals surface area contributed by atoms with Gasteiger partial charge < -0.3 is 4.74 Å². The zero-order valence-electron chi connectivity index (χ0n) is 8.06. The molecule has 0 heterocycles. The van der Waals surface area contributed by atoms with E-state index >= 15 is 0 Å². The topological polar surface area (TPSA) is 26.3 Å². The summed E-state index contributed by atoms with van der Waals surface area (Å²) in [4.78, 5) is 10.1. The monoisotopic (exact) mass is 190 g/mol. The highest BCUT2D eigenvalue weighted by molar-refractivity contribution is 5.38. The van der Waals surface area contributed by atoms with Crippen LogP contribution in [0.2, 0.25) is 0 Å². The predicted octanol–water partition coefficient (Wildman–Crippen LogP) is 1.93. The van der Waals surface area contributed by atoms with Gasteiger partial charge >= 0.3 is 0 Å². The fourth-order valence-corrected chi connectivity index (χ4v) is 3.50. The van der Waals surface area contributed by atoms with Gasteiger partial charge in [0, 0.05) is 0 Å². The highest BCUT2D eigenvalue weighted by Crippen LogP contribution is 2.55. The summed E-state index contributed by atoms with van der Waals surface area (Å²) < 4.78 is 4.85. The van der Waals surface area contributed by atoms with Crippen molar-refractivity contribution in [3.63, 3.8) is 0 Å². The molecular weight excluding hydrogens is 176 g/mol. The quantitative estimate of drug-likeness (QED) is 0.502. The van der Waals surface area contributed by atoms with Gasteiger partial charge in [-0.3, -0.25) is 4.79 Å². The van der Waals surface area contributed by atoms with E-state index in [1.807, 2.05) is 0 Å². The molecular formula is C12H14O2. The molecule has 0 N–H and O–H groups in total. The summed E-state index contributed by atoms with van der Waals surface area (Å²) >= 11 is 0. The van der Waals surface area contributed by atoms with Crippen molar-refractivity contribution in [1.82, 2.24) is 0 Å². The van der Waals surface area contributed by atoms with Crippen LogP contribution in [0.15, 0.2) is 23.8 Å². The first-order chi connectivity index (χ1) is 6.90. The number of carbonyl (C=O) groups is 1. The Labute approximate surface area is 83.6 Å². The minimum absolute atomic E-state index is 0.522. The molecule has 3 aliphatic rings. The highest BCUT2D eigenvalue weighted by Gasteiger charge is 2.47. The van der Waals surface area contributed by atoms with Gasteiger partial charge in [-0.1, -0.05) is 18.2 Å². The molecule has 0 aliphatic heterocycles. The maximum atomic E-state index is 10.1. The summed E-state index contributed by atoms with van der Waals surface area (Å²) in [6.45, 7) is 1.07. The van der Waals surface area contributed by atoms with E-state index in [2.05, 4.69) is 18.2 Å². The average Bonchev–Trinajstić information content (AvgIpc) is 2.85. The Kier molecular flexibility index (Phi) is 1.76. The summed E-state index contributed by atoms with van der Waals surface area (Å²) in [5, 5.41) is 0. The summed E-state index contributed by atoms with van der Waals surface area (Å²) in [6.07, 6.45) is 9.54. The summed E-state index contributed by atoms with van der Waals surface area (Å²) in [5.74, 6) is 3.03. The van der Waals surface area contributed by atoms with Gasteiger partial charge in [0.05, 0.1) is 0 Å². The van der Waals surface area contributed by atoms with Crippen molar-refractivity contribution in [1.29, 1.82) is 0 Å². The number of ether oxygens (including phenoxy) is 1. The molecule has 2 heteroatoms. The van der Waals surface area contributed by atoms with E-state index in [1.165, 1.54) is 18.4 Å². The van der Waals surface area contributed by atoms with Crippen molar-refractivity contribution >= 4 is 6.47 Å². The molecule has 0 radical (unpaired) electrons. The van der Waals surface area contributed by atoms with Gasteiger partial charge in [0.2, 0.25) is 0 Å². The van der Waals surface area contributed by atoms with Gasteiger partial charge in [-0.2, -0.15) is 0 Å². The summed E-state index contributed by atoms with van der Waals surface area (Å²) in [6, 6.07) is 0. The van der Waals surface area contributed by atoms with E-state index in [9.17, 15) is 4.79 Å². The van der Waals surface area contributed by atoms with Crippen LogP contribution >= 0.6 is 0 Å². The Balaban J connectivity index is 1.77. The molecule has 2 bridgehead atoms. The van der Waals surface area contributed by atoms with E-state index in [4.69, 9.17) is 4.74 Å². The van der Waals surface area contributed by atoms with Crippen LogP contribution < -0.4 is 0 Å². The predicted molar refractivity (Wildman–Crippen MR) is 52.4 cm³/mol. The largest absolute Gasteiger partial charge is 0.463 e. The molecule has 14 heavy (non-hydrogen) atoms. The first-order valence-corrected chi connectivity index (χ1v) is 5.32. The number of rotatable bonds is 3. The van der Waals surface area contributed by atoms with Crippen LogP contribution in [0.4, 0.5) is 0 Å². The second-order valence-electron chi connectivity index (χ2n) is 4.56. The summed E-state index contributed by atoms with van der Waals surface area (Å²) in [5.41, 5.74) is 1.37. The lowest BCUT2D eigenvalue weighted by Crippen LogP contribution is -2.19. The van der Waals surface area contributed by atoms with Crippen LogP contribution in [-0.2, 0) is 9.53 Å². The minimum atomic E-state index is 0.522. The molecule has 0 saturated heterocycles. The van der Waals surface area contributed by atoms with Crippen molar-refractivity contribution in [3.05, 3.63) is 23.8 Å². The molecule has 1 saturated carbocycles. The van der Waals surface area contributed by atoms with E-state index in [0.29, 0.717) is 19.0 Å². The Bertz CT molecular complexity index is 316. The maximum Gasteiger partial charge on any atom is 0.293 e. The lowest BCUT2D eigenvalue weighted by atomic mass is 9.82. The third-order valence-electron chi connectivity index (χ3n) is 4.02. The van der Waals surface area contributed by atoms with Crippen LogP contribution in [0.1, 0.15) is 12.8 Å².